The molecule has 0 amide bonds. The molecule has 1 aromatic carbocycles. The quantitative estimate of drug-likeness (QED) is 0.885. The van der Waals surface area contributed by atoms with Gasteiger partial charge in [0.2, 0.25) is 0 Å². The van der Waals surface area contributed by atoms with Gasteiger partial charge in [0.15, 0.2) is 0 Å². The molecule has 0 radical (unpaired) electrons. The zero-order chi connectivity index (χ0) is 13.8. The van der Waals surface area contributed by atoms with Crippen LogP contribution in [0.15, 0.2) is 18.2 Å². The van der Waals surface area contributed by atoms with Crippen LogP contribution in [0.4, 0.5) is 0 Å². The molecule has 0 saturated carbocycles. The van der Waals surface area contributed by atoms with E-state index < -0.39 is 0 Å². The number of hydrogen-bond acceptors (Lipinski definition) is 3. The van der Waals surface area contributed by atoms with Crippen LogP contribution in [0.5, 0.6) is 5.75 Å². The van der Waals surface area contributed by atoms with Gasteiger partial charge in [-0.2, -0.15) is 0 Å². The van der Waals surface area contributed by atoms with Gasteiger partial charge < -0.3 is 14.8 Å². The minimum Gasteiger partial charge on any atom is -0.497 e. The van der Waals surface area contributed by atoms with Gasteiger partial charge >= 0.3 is 0 Å². The average molecular weight is 263 g/mol. The predicted molar refractivity (Wildman–Crippen MR) is 77.7 cm³/mol. The van der Waals surface area contributed by atoms with Crippen LogP contribution in [0.3, 0.4) is 0 Å². The van der Waals surface area contributed by atoms with Gasteiger partial charge in [-0.05, 0) is 50.1 Å². The topological polar surface area (TPSA) is 30.5 Å². The average Bonchev–Trinajstić information content (AvgIpc) is 2.82. The standard InChI is InChI=1S/C16H25NO2/c1-5-17-16(15-8-9-19-12(15)3)14-7-6-13(18-4)10-11(14)2/h6-7,10,12,15-17H,5,8-9H2,1-4H3. The Balaban J connectivity index is 2.28. The lowest BCUT2D eigenvalue weighted by atomic mass is 9.86. The Morgan fingerprint density at radius 3 is 2.79 bits per heavy atom. The number of rotatable bonds is 5. The first-order valence-corrected chi connectivity index (χ1v) is 7.17. The van der Waals surface area contributed by atoms with Gasteiger partial charge in [-0.15, -0.1) is 0 Å². The Bertz CT molecular complexity index is 419. The second kappa shape index (κ2) is 6.40. The summed E-state index contributed by atoms with van der Waals surface area (Å²) < 4.78 is 11.0. The van der Waals surface area contributed by atoms with Crippen LogP contribution in [-0.2, 0) is 4.74 Å². The van der Waals surface area contributed by atoms with E-state index in [4.69, 9.17) is 9.47 Å². The van der Waals surface area contributed by atoms with Crippen molar-refractivity contribution in [3.63, 3.8) is 0 Å². The molecule has 1 saturated heterocycles. The molecule has 1 heterocycles. The Morgan fingerprint density at radius 1 is 1.47 bits per heavy atom. The van der Waals surface area contributed by atoms with Crippen LogP contribution in [0.1, 0.15) is 37.4 Å². The van der Waals surface area contributed by atoms with Crippen molar-refractivity contribution in [1.29, 1.82) is 0 Å². The molecule has 0 bridgehead atoms. The van der Waals surface area contributed by atoms with Crippen molar-refractivity contribution in [3.05, 3.63) is 29.3 Å². The van der Waals surface area contributed by atoms with Crippen molar-refractivity contribution < 1.29 is 9.47 Å². The highest BCUT2D eigenvalue weighted by Gasteiger charge is 2.33. The summed E-state index contributed by atoms with van der Waals surface area (Å²) in [6.45, 7) is 8.35. The minimum absolute atomic E-state index is 0.325. The lowest BCUT2D eigenvalue weighted by Crippen LogP contribution is -2.32. The monoisotopic (exact) mass is 263 g/mol. The van der Waals surface area contributed by atoms with Crippen molar-refractivity contribution >= 4 is 0 Å². The Kier molecular flexibility index (Phi) is 4.83. The molecular weight excluding hydrogens is 238 g/mol. The Hall–Kier alpha value is -1.06. The Morgan fingerprint density at radius 2 is 2.26 bits per heavy atom. The zero-order valence-corrected chi connectivity index (χ0v) is 12.4. The molecule has 0 aromatic heterocycles. The lowest BCUT2D eigenvalue weighted by Gasteiger charge is -2.28. The first-order valence-electron chi connectivity index (χ1n) is 7.17. The first kappa shape index (κ1) is 14.4. The van der Waals surface area contributed by atoms with Gasteiger partial charge in [0.1, 0.15) is 5.75 Å². The number of hydrogen-bond donors (Lipinski definition) is 1. The molecule has 3 nitrogen and oxygen atoms in total. The van der Waals surface area contributed by atoms with E-state index in [0.29, 0.717) is 18.1 Å². The molecule has 1 aliphatic rings. The number of methoxy groups -OCH3 is 1. The summed E-state index contributed by atoms with van der Waals surface area (Å²) in [5, 5.41) is 3.63. The molecular formula is C16H25NO2. The summed E-state index contributed by atoms with van der Waals surface area (Å²) in [4.78, 5) is 0. The maximum atomic E-state index is 5.73. The van der Waals surface area contributed by atoms with Gasteiger partial charge in [0, 0.05) is 18.6 Å². The Labute approximate surface area is 116 Å². The van der Waals surface area contributed by atoms with Gasteiger partial charge in [-0.25, -0.2) is 0 Å². The number of ether oxygens (including phenoxy) is 2. The van der Waals surface area contributed by atoms with Gasteiger partial charge in [-0.1, -0.05) is 13.0 Å². The normalized spacial score (nSPS) is 24.4. The van der Waals surface area contributed by atoms with Crippen molar-refractivity contribution in [1.82, 2.24) is 5.32 Å². The third kappa shape index (κ3) is 3.10. The molecule has 0 aliphatic carbocycles. The highest BCUT2D eigenvalue weighted by atomic mass is 16.5. The molecule has 3 unspecified atom stereocenters. The third-order valence-electron chi connectivity index (χ3n) is 4.10. The van der Waals surface area contributed by atoms with E-state index in [1.165, 1.54) is 11.1 Å². The van der Waals surface area contributed by atoms with Crippen LogP contribution in [0.2, 0.25) is 0 Å². The van der Waals surface area contributed by atoms with Gasteiger partial charge in [0.25, 0.3) is 0 Å². The van der Waals surface area contributed by atoms with E-state index in [-0.39, 0.29) is 0 Å². The fraction of sp³-hybridized carbons (Fsp3) is 0.625. The first-order chi connectivity index (χ1) is 9.17. The summed E-state index contributed by atoms with van der Waals surface area (Å²) in [7, 11) is 1.71. The van der Waals surface area contributed by atoms with Crippen molar-refractivity contribution in [3.8, 4) is 5.75 Å². The van der Waals surface area contributed by atoms with Crippen molar-refractivity contribution in [2.45, 2.75) is 39.3 Å². The van der Waals surface area contributed by atoms with E-state index in [9.17, 15) is 0 Å². The van der Waals surface area contributed by atoms with E-state index in [1.54, 1.807) is 7.11 Å². The van der Waals surface area contributed by atoms with E-state index in [2.05, 4.69) is 38.2 Å². The summed E-state index contributed by atoms with van der Waals surface area (Å²) in [5.41, 5.74) is 2.65. The smallest absolute Gasteiger partial charge is 0.119 e. The highest BCUT2D eigenvalue weighted by Crippen LogP contribution is 2.35. The minimum atomic E-state index is 0.325. The van der Waals surface area contributed by atoms with Crippen LogP contribution < -0.4 is 10.1 Å². The largest absolute Gasteiger partial charge is 0.497 e. The van der Waals surface area contributed by atoms with Crippen molar-refractivity contribution in [2.24, 2.45) is 5.92 Å². The molecule has 1 aliphatic heterocycles. The summed E-state index contributed by atoms with van der Waals surface area (Å²) >= 11 is 0. The molecule has 19 heavy (non-hydrogen) atoms. The predicted octanol–water partition coefficient (Wildman–Crippen LogP) is 3.08. The fourth-order valence-corrected chi connectivity index (χ4v) is 3.02. The molecule has 2 rings (SSSR count). The SMILES string of the molecule is CCNC(c1ccc(OC)cc1C)C1CCOC1C. The maximum absolute atomic E-state index is 5.73. The van der Waals surface area contributed by atoms with E-state index in [1.807, 2.05) is 6.07 Å². The molecule has 3 heteroatoms. The van der Waals surface area contributed by atoms with Gasteiger partial charge in [0.05, 0.1) is 13.2 Å². The highest BCUT2D eigenvalue weighted by molar-refractivity contribution is 5.37. The second-order valence-electron chi connectivity index (χ2n) is 5.29. The number of aryl methyl sites for hydroxylation is 1. The third-order valence-corrected chi connectivity index (χ3v) is 4.10. The second-order valence-corrected chi connectivity index (χ2v) is 5.29. The maximum Gasteiger partial charge on any atom is 0.119 e. The summed E-state index contributed by atoms with van der Waals surface area (Å²) in [6.07, 6.45) is 1.45. The van der Waals surface area contributed by atoms with Crippen LogP contribution >= 0.6 is 0 Å². The zero-order valence-electron chi connectivity index (χ0n) is 12.4. The number of nitrogens with one attached hydrogen (secondary N) is 1. The fourth-order valence-electron chi connectivity index (χ4n) is 3.02. The molecule has 1 N–H and O–H groups in total. The van der Waals surface area contributed by atoms with Crippen LogP contribution in [0, 0.1) is 12.8 Å². The van der Waals surface area contributed by atoms with Crippen molar-refractivity contribution in [2.75, 3.05) is 20.3 Å². The van der Waals surface area contributed by atoms with Gasteiger partial charge in [-0.3, -0.25) is 0 Å². The molecule has 3 atom stereocenters. The summed E-state index contributed by atoms with van der Waals surface area (Å²) in [6, 6.07) is 6.72. The molecule has 1 fully saturated rings. The van der Waals surface area contributed by atoms with Crippen LogP contribution in [0.25, 0.3) is 0 Å². The number of benzene rings is 1. The van der Waals surface area contributed by atoms with E-state index >= 15 is 0 Å². The van der Waals surface area contributed by atoms with E-state index in [0.717, 1.165) is 25.3 Å². The molecule has 106 valence electrons. The lowest BCUT2D eigenvalue weighted by molar-refractivity contribution is 0.0955. The summed E-state index contributed by atoms with van der Waals surface area (Å²) in [5.74, 6) is 1.47. The molecule has 1 aromatic rings. The van der Waals surface area contributed by atoms with Crippen LogP contribution in [-0.4, -0.2) is 26.4 Å². The molecule has 0 spiro atoms.